The summed E-state index contributed by atoms with van der Waals surface area (Å²) >= 11 is 2.86. The molecule has 6 rings (SSSR count). The van der Waals surface area contributed by atoms with E-state index in [1.54, 1.807) is 56.7 Å². The molecule has 12 heteroatoms. The van der Waals surface area contributed by atoms with Crippen molar-refractivity contribution in [3.05, 3.63) is 114 Å². The molecule has 10 nitrogen and oxygen atoms in total. The first-order chi connectivity index (χ1) is 22.9. The number of nitrogens with zero attached hydrogens (tertiary/aromatic N) is 2. The molecule has 47 heavy (non-hydrogen) atoms. The van der Waals surface area contributed by atoms with Crippen LogP contribution >= 0.6 is 23.5 Å². The van der Waals surface area contributed by atoms with Crippen LogP contribution < -0.4 is 14.8 Å². The Morgan fingerprint density at radius 3 is 2.40 bits per heavy atom. The lowest BCUT2D eigenvalue weighted by molar-refractivity contribution is -0.153. The minimum absolute atomic E-state index is 0.00730. The van der Waals surface area contributed by atoms with E-state index in [9.17, 15) is 14.4 Å². The molecule has 2 atom stereocenters. The summed E-state index contributed by atoms with van der Waals surface area (Å²) in [7, 11) is 3.18. The van der Waals surface area contributed by atoms with Gasteiger partial charge in [-0.25, -0.2) is 4.79 Å². The molecule has 2 aliphatic heterocycles. The van der Waals surface area contributed by atoms with Crippen LogP contribution in [0.5, 0.6) is 11.5 Å². The van der Waals surface area contributed by atoms with Gasteiger partial charge in [0.2, 0.25) is 5.91 Å². The quantitative estimate of drug-likeness (QED) is 0.117. The van der Waals surface area contributed by atoms with E-state index in [-0.39, 0.29) is 29.9 Å². The summed E-state index contributed by atoms with van der Waals surface area (Å²) in [5, 5.41) is 6.57. The highest BCUT2D eigenvalue weighted by atomic mass is 32.2. The van der Waals surface area contributed by atoms with Crippen LogP contribution in [-0.2, 0) is 25.7 Å². The maximum atomic E-state index is 13.6. The molecule has 2 aliphatic rings. The van der Waals surface area contributed by atoms with Gasteiger partial charge in [0.05, 0.1) is 20.0 Å². The molecular weight excluding hydrogens is 639 g/mol. The Labute approximate surface area is 280 Å². The van der Waals surface area contributed by atoms with Gasteiger partial charge in [0.25, 0.3) is 5.91 Å². The topological polar surface area (TPSA) is 120 Å². The first-order valence-electron chi connectivity index (χ1n) is 14.7. The monoisotopic (exact) mass is 669 g/mol. The van der Waals surface area contributed by atoms with E-state index in [0.717, 1.165) is 21.8 Å². The Balaban J connectivity index is 1.19. The predicted molar refractivity (Wildman–Crippen MR) is 180 cm³/mol. The first kappa shape index (κ1) is 32.0. The zero-order chi connectivity index (χ0) is 32.8. The van der Waals surface area contributed by atoms with Crippen LogP contribution in [0.1, 0.15) is 11.3 Å². The smallest absolute Gasteiger partial charge is 0.355 e. The van der Waals surface area contributed by atoms with Gasteiger partial charge in [0.15, 0.2) is 5.76 Å². The van der Waals surface area contributed by atoms with Crippen LogP contribution in [0.4, 0.5) is 0 Å². The van der Waals surface area contributed by atoms with Crippen LogP contribution in [0.2, 0.25) is 0 Å². The Morgan fingerprint density at radius 2 is 1.70 bits per heavy atom. The van der Waals surface area contributed by atoms with Gasteiger partial charge < -0.3 is 24.1 Å². The summed E-state index contributed by atoms with van der Waals surface area (Å²) in [5.41, 5.74) is 2.99. The molecule has 2 amide bonds. The average molecular weight is 670 g/mol. The third-order valence-electron chi connectivity index (χ3n) is 7.51. The molecule has 1 aromatic heterocycles. The van der Waals surface area contributed by atoms with E-state index < -0.39 is 17.4 Å². The number of carbonyl (C=O) groups excluding carboxylic acids is 3. The number of aromatic nitrogens is 1. The van der Waals surface area contributed by atoms with Gasteiger partial charge in [-0.05, 0) is 65.7 Å². The first-order valence-corrected chi connectivity index (χ1v) is 16.7. The normalized spacial score (nSPS) is 17.2. The molecule has 3 aromatic carbocycles. The summed E-state index contributed by atoms with van der Waals surface area (Å²) in [4.78, 5) is 42.2. The molecule has 0 aliphatic carbocycles. The van der Waals surface area contributed by atoms with Crippen molar-refractivity contribution in [3.63, 3.8) is 0 Å². The second-order valence-electron chi connectivity index (χ2n) is 10.5. The minimum Gasteiger partial charge on any atom is -0.497 e. The summed E-state index contributed by atoms with van der Waals surface area (Å²) in [6, 6.07) is 25.2. The van der Waals surface area contributed by atoms with Crippen molar-refractivity contribution >= 4 is 47.4 Å². The zero-order valence-corrected chi connectivity index (χ0v) is 27.2. The van der Waals surface area contributed by atoms with E-state index in [1.807, 2.05) is 54.6 Å². The second kappa shape index (κ2) is 14.7. The lowest BCUT2D eigenvalue weighted by Gasteiger charge is -2.49. The predicted octanol–water partition coefficient (Wildman–Crippen LogP) is 5.56. The van der Waals surface area contributed by atoms with Crippen LogP contribution in [0.3, 0.4) is 0 Å². The number of hydrogen-bond donors (Lipinski definition) is 1. The number of rotatable bonds is 12. The summed E-state index contributed by atoms with van der Waals surface area (Å²) in [6.07, 6.45) is 3.44. The highest BCUT2D eigenvalue weighted by molar-refractivity contribution is 8.00. The van der Waals surface area contributed by atoms with Crippen molar-refractivity contribution in [2.75, 3.05) is 25.7 Å². The Hall–Kier alpha value is -4.94. The fourth-order valence-corrected chi connectivity index (χ4v) is 7.08. The van der Waals surface area contributed by atoms with Crippen LogP contribution in [0, 0.1) is 0 Å². The third kappa shape index (κ3) is 7.39. The highest BCUT2D eigenvalue weighted by Crippen LogP contribution is 2.41. The van der Waals surface area contributed by atoms with Crippen molar-refractivity contribution in [3.8, 4) is 22.8 Å². The molecule has 1 saturated heterocycles. The van der Waals surface area contributed by atoms with Crippen molar-refractivity contribution in [2.45, 2.75) is 22.9 Å². The number of allylic oxidation sites excluding steroid dienone is 1. The molecule has 240 valence electrons. The largest absolute Gasteiger partial charge is 0.497 e. The Kier molecular flexibility index (Phi) is 9.98. The number of benzene rings is 3. The van der Waals surface area contributed by atoms with Gasteiger partial charge in [-0.1, -0.05) is 41.6 Å². The van der Waals surface area contributed by atoms with E-state index in [1.165, 1.54) is 28.4 Å². The molecule has 1 fully saturated rings. The summed E-state index contributed by atoms with van der Waals surface area (Å²) < 4.78 is 21.7. The standard InChI is InChI=1S/C35H31N3O7S2/c1-42-25-13-8-22(9-14-25)19-44-35(41)32-24(12-17-27-18-29(37-45-27)23-10-15-26(43-2)16-11-23)20-47-34-31(33(40)38(32)34)36-30(39)21-46-28-6-4-3-5-7-28/h3-18,31,34H,19-21H2,1-2H3,(H,36,39)/b17-12+/t31-,34?/m1/s1. The fourth-order valence-electron chi connectivity index (χ4n) is 5.03. The average Bonchev–Trinajstić information content (AvgIpc) is 3.60. The van der Waals surface area contributed by atoms with Gasteiger partial charge in [-0.15, -0.1) is 23.5 Å². The molecule has 3 heterocycles. The second-order valence-corrected chi connectivity index (χ2v) is 12.7. The molecule has 1 N–H and O–H groups in total. The number of β-lactam (4-membered cyclic amide) rings is 1. The fraction of sp³-hybridized carbons (Fsp3) is 0.200. The van der Waals surface area contributed by atoms with E-state index in [4.69, 9.17) is 18.7 Å². The number of ether oxygens (including phenoxy) is 3. The lowest BCUT2D eigenvalue weighted by atomic mass is 10.0. The summed E-state index contributed by atoms with van der Waals surface area (Å²) in [6.45, 7) is 0.00730. The van der Waals surface area contributed by atoms with Crippen LogP contribution in [0.15, 0.2) is 112 Å². The number of nitrogens with one attached hydrogen (secondary N) is 1. The molecule has 0 spiro atoms. The number of fused-ring (bicyclic) bond motifs is 1. The maximum Gasteiger partial charge on any atom is 0.355 e. The summed E-state index contributed by atoms with van der Waals surface area (Å²) in [5.74, 6) is 1.20. The number of hydrogen-bond acceptors (Lipinski definition) is 10. The van der Waals surface area contributed by atoms with Gasteiger partial charge in [0.1, 0.15) is 40.9 Å². The van der Waals surface area contributed by atoms with Crippen LogP contribution in [-0.4, -0.2) is 65.0 Å². The van der Waals surface area contributed by atoms with E-state index >= 15 is 0 Å². The van der Waals surface area contributed by atoms with Crippen molar-refractivity contribution in [1.82, 2.24) is 15.4 Å². The number of thioether (sulfide) groups is 2. The lowest BCUT2D eigenvalue weighted by Crippen LogP contribution is -2.70. The van der Waals surface area contributed by atoms with Gasteiger partial charge in [-0.3, -0.25) is 14.5 Å². The van der Waals surface area contributed by atoms with Gasteiger partial charge in [0, 0.05) is 22.3 Å². The zero-order valence-electron chi connectivity index (χ0n) is 25.6. The third-order valence-corrected chi connectivity index (χ3v) is 9.83. The van der Waals surface area contributed by atoms with E-state index in [0.29, 0.717) is 28.5 Å². The minimum atomic E-state index is -0.750. The molecule has 4 aromatic rings. The Morgan fingerprint density at radius 1 is 1.00 bits per heavy atom. The van der Waals surface area contributed by atoms with Gasteiger partial charge >= 0.3 is 5.97 Å². The van der Waals surface area contributed by atoms with Crippen molar-refractivity contribution in [2.24, 2.45) is 0 Å². The number of amides is 2. The molecule has 1 unspecified atom stereocenters. The van der Waals surface area contributed by atoms with Crippen molar-refractivity contribution < 1.29 is 33.1 Å². The maximum absolute atomic E-state index is 13.6. The van der Waals surface area contributed by atoms with Crippen molar-refractivity contribution in [1.29, 1.82) is 0 Å². The molecule has 0 bridgehead atoms. The number of methoxy groups -OCH3 is 2. The molecule has 0 radical (unpaired) electrons. The van der Waals surface area contributed by atoms with Crippen LogP contribution in [0.25, 0.3) is 17.3 Å². The number of carbonyl (C=O) groups is 3. The Bertz CT molecular complexity index is 1800. The molecular formula is C35H31N3O7S2. The molecule has 0 saturated carbocycles. The SMILES string of the molecule is COc1ccc(COC(=O)C2=C(/C=C/c3cc(-c4ccc(OC)cc4)no3)CSC3[C@H](NC(=O)CSc4ccccc4)C(=O)N23)cc1. The highest BCUT2D eigenvalue weighted by Gasteiger charge is 2.54. The van der Waals surface area contributed by atoms with E-state index in [2.05, 4.69) is 10.5 Å². The number of esters is 1. The van der Waals surface area contributed by atoms with Gasteiger partial charge in [-0.2, -0.15) is 0 Å².